The van der Waals surface area contributed by atoms with Gasteiger partial charge in [-0.1, -0.05) is 24.3 Å². The van der Waals surface area contributed by atoms with Gasteiger partial charge >= 0.3 is 0 Å². The summed E-state index contributed by atoms with van der Waals surface area (Å²) in [7, 11) is 0. The van der Waals surface area contributed by atoms with Gasteiger partial charge in [-0.05, 0) is 62.4 Å². The van der Waals surface area contributed by atoms with Crippen LogP contribution in [0.3, 0.4) is 0 Å². The lowest BCUT2D eigenvalue weighted by atomic mass is 10.1. The number of rotatable bonds is 7. The van der Waals surface area contributed by atoms with Crippen LogP contribution in [0.15, 0.2) is 48.5 Å². The fraction of sp³-hybridized carbons (Fsp3) is 0.480. The molecule has 0 radical (unpaired) electrons. The Morgan fingerprint density at radius 1 is 0.967 bits per heavy atom. The van der Waals surface area contributed by atoms with E-state index in [0.717, 1.165) is 69.9 Å². The molecule has 2 heterocycles. The molecule has 4 rings (SSSR count). The van der Waals surface area contributed by atoms with Crippen LogP contribution in [0.1, 0.15) is 48.5 Å². The molecular weight excluding hydrogens is 376 g/mol. The minimum Gasteiger partial charge on any atom is -0.494 e. The van der Waals surface area contributed by atoms with Crippen LogP contribution in [-0.2, 0) is 6.54 Å². The Hall–Kier alpha value is -2.53. The maximum absolute atomic E-state index is 12.9. The highest BCUT2D eigenvalue weighted by molar-refractivity contribution is 5.97. The molecule has 2 saturated heterocycles. The minimum absolute atomic E-state index is 0.107. The third-order valence-electron chi connectivity index (χ3n) is 5.98. The van der Waals surface area contributed by atoms with Crippen molar-refractivity contribution in [1.82, 2.24) is 9.80 Å². The molecule has 0 aromatic heterocycles. The van der Waals surface area contributed by atoms with E-state index >= 15 is 0 Å². The van der Waals surface area contributed by atoms with E-state index in [9.17, 15) is 4.79 Å². The summed E-state index contributed by atoms with van der Waals surface area (Å²) in [5.41, 5.74) is 2.01. The predicted octanol–water partition coefficient (Wildman–Crippen LogP) is 4.36. The zero-order valence-corrected chi connectivity index (χ0v) is 17.9. The lowest BCUT2D eigenvalue weighted by molar-refractivity contribution is 0.0765. The molecule has 0 saturated carbocycles. The van der Waals surface area contributed by atoms with E-state index in [1.807, 2.05) is 48.2 Å². The van der Waals surface area contributed by atoms with Crippen molar-refractivity contribution in [3.05, 3.63) is 59.7 Å². The first-order valence-corrected chi connectivity index (χ1v) is 11.2. The smallest absolute Gasteiger partial charge is 0.257 e. The van der Waals surface area contributed by atoms with E-state index in [1.165, 1.54) is 5.56 Å². The Balaban J connectivity index is 1.30. The van der Waals surface area contributed by atoms with Crippen LogP contribution in [0.5, 0.6) is 11.5 Å². The van der Waals surface area contributed by atoms with E-state index in [2.05, 4.69) is 17.0 Å². The minimum atomic E-state index is 0.107. The number of piperidine rings is 1. The molecule has 0 aliphatic carbocycles. The molecule has 5 heteroatoms. The molecule has 2 aromatic rings. The second-order valence-electron chi connectivity index (χ2n) is 8.17. The number of carbonyl (C=O) groups is 1. The molecule has 5 nitrogen and oxygen atoms in total. The van der Waals surface area contributed by atoms with Gasteiger partial charge in [0.1, 0.15) is 17.6 Å². The van der Waals surface area contributed by atoms with E-state index in [4.69, 9.17) is 9.47 Å². The molecule has 160 valence electrons. The first-order chi connectivity index (χ1) is 14.7. The lowest BCUT2D eigenvalue weighted by Crippen LogP contribution is -2.38. The van der Waals surface area contributed by atoms with Gasteiger partial charge in [0.15, 0.2) is 0 Å². The standard InChI is InChI=1S/C25H32N2O3/c1-2-29-21-11-9-20(10-12-21)19-26-17-13-22(14-18-26)30-24-8-4-3-7-23(24)25(28)27-15-5-6-16-27/h3-4,7-12,22H,2,5-6,13-19H2,1H3. The normalized spacial score (nSPS) is 17.8. The predicted molar refractivity (Wildman–Crippen MR) is 118 cm³/mol. The van der Waals surface area contributed by atoms with Crippen molar-refractivity contribution in [3.63, 3.8) is 0 Å². The number of ether oxygens (including phenoxy) is 2. The Bertz CT molecular complexity index is 823. The van der Waals surface area contributed by atoms with Crippen molar-refractivity contribution in [2.45, 2.75) is 45.3 Å². The zero-order chi connectivity index (χ0) is 20.8. The van der Waals surface area contributed by atoms with E-state index in [1.54, 1.807) is 0 Å². The molecule has 0 atom stereocenters. The molecular formula is C25H32N2O3. The summed E-state index contributed by atoms with van der Waals surface area (Å²) in [5.74, 6) is 1.77. The summed E-state index contributed by atoms with van der Waals surface area (Å²) < 4.78 is 11.8. The van der Waals surface area contributed by atoms with Crippen molar-refractivity contribution < 1.29 is 14.3 Å². The van der Waals surface area contributed by atoms with Gasteiger partial charge in [-0.2, -0.15) is 0 Å². The third-order valence-corrected chi connectivity index (χ3v) is 5.98. The van der Waals surface area contributed by atoms with Crippen LogP contribution in [-0.4, -0.2) is 54.6 Å². The highest BCUT2D eigenvalue weighted by Crippen LogP contribution is 2.26. The summed E-state index contributed by atoms with van der Waals surface area (Å²) in [6.07, 6.45) is 4.31. The molecule has 0 N–H and O–H groups in total. The van der Waals surface area contributed by atoms with Crippen LogP contribution in [0.4, 0.5) is 0 Å². The van der Waals surface area contributed by atoms with Crippen molar-refractivity contribution in [3.8, 4) is 11.5 Å². The second-order valence-corrected chi connectivity index (χ2v) is 8.17. The van der Waals surface area contributed by atoms with Gasteiger partial charge in [-0.25, -0.2) is 0 Å². The van der Waals surface area contributed by atoms with Gasteiger partial charge in [-0.3, -0.25) is 9.69 Å². The van der Waals surface area contributed by atoms with E-state index in [-0.39, 0.29) is 12.0 Å². The number of hydrogen-bond acceptors (Lipinski definition) is 4. The molecule has 2 aliphatic rings. The maximum atomic E-state index is 12.9. The SMILES string of the molecule is CCOc1ccc(CN2CCC(Oc3ccccc3C(=O)N3CCCC3)CC2)cc1. The van der Waals surface area contributed by atoms with Gasteiger partial charge in [0.2, 0.25) is 0 Å². The molecule has 2 aromatic carbocycles. The van der Waals surface area contributed by atoms with E-state index in [0.29, 0.717) is 12.2 Å². The number of amides is 1. The Morgan fingerprint density at radius 3 is 2.37 bits per heavy atom. The molecule has 2 fully saturated rings. The molecule has 0 bridgehead atoms. The topological polar surface area (TPSA) is 42.0 Å². The number of likely N-dealkylation sites (tertiary alicyclic amines) is 2. The van der Waals surface area contributed by atoms with Crippen molar-refractivity contribution in [2.75, 3.05) is 32.8 Å². The third kappa shape index (κ3) is 5.14. The quantitative estimate of drug-likeness (QED) is 0.682. The zero-order valence-electron chi connectivity index (χ0n) is 17.9. The monoisotopic (exact) mass is 408 g/mol. The number of hydrogen-bond donors (Lipinski definition) is 0. The van der Waals surface area contributed by atoms with Gasteiger partial charge in [0.25, 0.3) is 5.91 Å². The van der Waals surface area contributed by atoms with Crippen LogP contribution < -0.4 is 9.47 Å². The first-order valence-electron chi connectivity index (χ1n) is 11.2. The molecule has 0 spiro atoms. The van der Waals surface area contributed by atoms with Gasteiger partial charge in [-0.15, -0.1) is 0 Å². The van der Waals surface area contributed by atoms with Crippen molar-refractivity contribution in [2.24, 2.45) is 0 Å². The Kier molecular flexibility index (Phi) is 6.90. The molecule has 1 amide bonds. The first kappa shape index (κ1) is 20.7. The van der Waals surface area contributed by atoms with Crippen molar-refractivity contribution in [1.29, 1.82) is 0 Å². The van der Waals surface area contributed by atoms with Crippen molar-refractivity contribution >= 4 is 5.91 Å². The maximum Gasteiger partial charge on any atom is 0.257 e. The summed E-state index contributed by atoms with van der Waals surface area (Å²) in [4.78, 5) is 17.3. The average Bonchev–Trinajstić information content (AvgIpc) is 3.32. The highest BCUT2D eigenvalue weighted by atomic mass is 16.5. The number of benzene rings is 2. The number of nitrogens with zero attached hydrogens (tertiary/aromatic N) is 2. The fourth-order valence-electron chi connectivity index (χ4n) is 4.32. The summed E-state index contributed by atoms with van der Waals surface area (Å²) in [6, 6.07) is 16.1. The van der Waals surface area contributed by atoms with Crippen LogP contribution in [0, 0.1) is 0 Å². The van der Waals surface area contributed by atoms with Crippen LogP contribution in [0.25, 0.3) is 0 Å². The van der Waals surface area contributed by atoms with E-state index < -0.39 is 0 Å². The fourth-order valence-corrected chi connectivity index (χ4v) is 4.32. The Morgan fingerprint density at radius 2 is 1.67 bits per heavy atom. The highest BCUT2D eigenvalue weighted by Gasteiger charge is 2.25. The summed E-state index contributed by atoms with van der Waals surface area (Å²) in [6.45, 7) is 7.36. The molecule has 2 aliphatic heterocycles. The largest absolute Gasteiger partial charge is 0.494 e. The second kappa shape index (κ2) is 9.98. The Labute approximate surface area is 179 Å². The number of para-hydroxylation sites is 1. The summed E-state index contributed by atoms with van der Waals surface area (Å²) in [5, 5.41) is 0. The molecule has 30 heavy (non-hydrogen) atoms. The molecule has 0 unspecified atom stereocenters. The lowest BCUT2D eigenvalue weighted by Gasteiger charge is -2.32. The van der Waals surface area contributed by atoms with Crippen LogP contribution in [0.2, 0.25) is 0 Å². The van der Waals surface area contributed by atoms with Crippen LogP contribution >= 0.6 is 0 Å². The summed E-state index contributed by atoms with van der Waals surface area (Å²) >= 11 is 0. The van der Waals surface area contributed by atoms with Gasteiger partial charge in [0, 0.05) is 32.7 Å². The average molecular weight is 409 g/mol. The van der Waals surface area contributed by atoms with Gasteiger partial charge in [0.05, 0.1) is 12.2 Å². The number of carbonyl (C=O) groups excluding carboxylic acids is 1. The van der Waals surface area contributed by atoms with Gasteiger partial charge < -0.3 is 14.4 Å².